The zero-order valence-corrected chi connectivity index (χ0v) is 11.2. The average molecular weight is 299 g/mol. The Labute approximate surface area is 119 Å². The van der Waals surface area contributed by atoms with Crippen molar-refractivity contribution in [3.8, 4) is 0 Å². The monoisotopic (exact) mass is 298 g/mol. The maximum Gasteiger partial charge on any atom is 0.135 e. The highest BCUT2D eigenvalue weighted by Crippen LogP contribution is 2.27. The van der Waals surface area contributed by atoms with E-state index >= 15 is 0 Å². The van der Waals surface area contributed by atoms with E-state index in [4.69, 9.17) is 29.6 Å². The van der Waals surface area contributed by atoms with Gasteiger partial charge in [0, 0.05) is 11.3 Å². The molecule has 0 spiro atoms. The van der Waals surface area contributed by atoms with E-state index in [-0.39, 0.29) is 10.6 Å². The first-order chi connectivity index (χ1) is 8.97. The Hall–Kier alpha value is -1.72. The van der Waals surface area contributed by atoms with Crippen LogP contribution in [0.4, 0.5) is 20.2 Å². The zero-order chi connectivity index (χ0) is 14.0. The molecule has 3 N–H and O–H groups in total. The van der Waals surface area contributed by atoms with Gasteiger partial charge in [0.25, 0.3) is 0 Å². The highest BCUT2D eigenvalue weighted by Gasteiger charge is 2.07. The predicted octanol–water partition coefficient (Wildman–Crippen LogP) is 4.00. The lowest BCUT2D eigenvalue weighted by molar-refractivity contribution is 0.626. The molecule has 0 bridgehead atoms. The van der Waals surface area contributed by atoms with Gasteiger partial charge in [-0.15, -0.1) is 0 Å². The van der Waals surface area contributed by atoms with E-state index in [1.165, 1.54) is 30.3 Å². The second-order valence-electron chi connectivity index (χ2n) is 3.81. The summed E-state index contributed by atoms with van der Waals surface area (Å²) in [5, 5.41) is 3.16. The molecule has 2 rings (SSSR count). The van der Waals surface area contributed by atoms with Crippen molar-refractivity contribution in [2.75, 3.05) is 5.32 Å². The summed E-state index contributed by atoms with van der Waals surface area (Å²) in [5.74, 6) is -0.989. The van der Waals surface area contributed by atoms with Crippen LogP contribution in [0.25, 0.3) is 0 Å². The predicted molar refractivity (Wildman–Crippen MR) is 77.0 cm³/mol. The maximum atomic E-state index is 13.7. The Bertz CT molecular complexity index is 647. The molecular formula is C13H9ClF2N2S. The van der Waals surface area contributed by atoms with Crippen LogP contribution in [-0.2, 0) is 0 Å². The summed E-state index contributed by atoms with van der Waals surface area (Å²) >= 11 is 10.6. The van der Waals surface area contributed by atoms with Crippen molar-refractivity contribution in [2.45, 2.75) is 0 Å². The summed E-state index contributed by atoms with van der Waals surface area (Å²) in [4.78, 5) is -0.0205. The van der Waals surface area contributed by atoms with Gasteiger partial charge in [-0.25, -0.2) is 8.78 Å². The van der Waals surface area contributed by atoms with Crippen LogP contribution in [0.1, 0.15) is 5.56 Å². The molecule has 0 radical (unpaired) electrons. The van der Waals surface area contributed by atoms with Gasteiger partial charge < -0.3 is 11.1 Å². The Balaban J connectivity index is 2.31. The molecule has 0 aromatic heterocycles. The third-order valence-corrected chi connectivity index (χ3v) is 2.99. The number of benzene rings is 2. The summed E-state index contributed by atoms with van der Waals surface area (Å²) < 4.78 is 26.8. The fourth-order valence-electron chi connectivity index (χ4n) is 1.54. The number of halogens is 3. The number of hydrogen-bond donors (Lipinski definition) is 2. The number of hydrogen-bond acceptors (Lipinski definition) is 2. The van der Waals surface area contributed by atoms with Crippen LogP contribution in [-0.4, -0.2) is 4.99 Å². The van der Waals surface area contributed by atoms with Gasteiger partial charge in [0.1, 0.15) is 16.6 Å². The van der Waals surface area contributed by atoms with Gasteiger partial charge in [0.2, 0.25) is 0 Å². The Morgan fingerprint density at radius 1 is 1.16 bits per heavy atom. The molecular weight excluding hydrogens is 290 g/mol. The van der Waals surface area contributed by atoms with Crippen LogP contribution in [0.3, 0.4) is 0 Å². The van der Waals surface area contributed by atoms with Gasteiger partial charge in [0.05, 0.1) is 10.7 Å². The lowest BCUT2D eigenvalue weighted by Crippen LogP contribution is -2.11. The molecule has 0 aliphatic heterocycles. The molecule has 19 heavy (non-hydrogen) atoms. The number of rotatable bonds is 3. The van der Waals surface area contributed by atoms with Crippen molar-refractivity contribution < 1.29 is 8.78 Å². The van der Waals surface area contributed by atoms with Gasteiger partial charge in [-0.3, -0.25) is 0 Å². The molecule has 0 fully saturated rings. The molecule has 98 valence electrons. The molecule has 0 atom stereocenters. The van der Waals surface area contributed by atoms with Crippen molar-refractivity contribution in [3.63, 3.8) is 0 Å². The summed E-state index contributed by atoms with van der Waals surface area (Å²) in [6, 6.07) is 8.13. The highest BCUT2D eigenvalue weighted by molar-refractivity contribution is 7.80. The standard InChI is InChI=1S/C13H9ClF2N2S/c14-10-4-1-7(15)5-12(10)18-8-2-3-9(13(17)19)11(16)6-8/h1-6,18H,(H2,17,19). The zero-order valence-electron chi connectivity index (χ0n) is 9.58. The fraction of sp³-hybridized carbons (Fsp3) is 0. The van der Waals surface area contributed by atoms with E-state index in [0.717, 1.165) is 0 Å². The minimum Gasteiger partial charge on any atom is -0.389 e. The SMILES string of the molecule is NC(=S)c1ccc(Nc2cc(F)ccc2Cl)cc1F. The third-order valence-electron chi connectivity index (χ3n) is 2.44. The van der Waals surface area contributed by atoms with Crippen LogP contribution < -0.4 is 11.1 Å². The van der Waals surface area contributed by atoms with Gasteiger partial charge >= 0.3 is 0 Å². The number of thiocarbonyl (C=S) groups is 1. The number of nitrogens with two attached hydrogens (primary N) is 1. The molecule has 2 aromatic rings. The highest BCUT2D eigenvalue weighted by atomic mass is 35.5. The average Bonchev–Trinajstić information content (AvgIpc) is 2.33. The van der Waals surface area contributed by atoms with E-state index in [1.54, 1.807) is 6.07 Å². The Morgan fingerprint density at radius 3 is 2.53 bits per heavy atom. The van der Waals surface area contributed by atoms with E-state index in [9.17, 15) is 8.78 Å². The van der Waals surface area contributed by atoms with Crippen molar-refractivity contribution in [2.24, 2.45) is 5.73 Å². The first-order valence-corrected chi connectivity index (χ1v) is 6.07. The quantitative estimate of drug-likeness (QED) is 0.841. The van der Waals surface area contributed by atoms with Crippen molar-refractivity contribution in [3.05, 3.63) is 58.6 Å². The first-order valence-electron chi connectivity index (χ1n) is 5.29. The lowest BCUT2D eigenvalue weighted by atomic mass is 10.2. The maximum absolute atomic E-state index is 13.7. The lowest BCUT2D eigenvalue weighted by Gasteiger charge is -2.10. The van der Waals surface area contributed by atoms with Crippen LogP contribution in [0, 0.1) is 11.6 Å². The fourth-order valence-corrected chi connectivity index (χ4v) is 1.87. The third kappa shape index (κ3) is 3.19. The minimum absolute atomic E-state index is 0.0205. The molecule has 0 saturated carbocycles. The Morgan fingerprint density at radius 2 is 1.89 bits per heavy atom. The largest absolute Gasteiger partial charge is 0.389 e. The second-order valence-corrected chi connectivity index (χ2v) is 4.66. The van der Waals surface area contributed by atoms with Crippen LogP contribution in [0.15, 0.2) is 36.4 Å². The minimum atomic E-state index is -0.551. The van der Waals surface area contributed by atoms with Gasteiger partial charge in [-0.2, -0.15) is 0 Å². The molecule has 6 heteroatoms. The Kier molecular flexibility index (Phi) is 3.97. The molecule has 0 aliphatic carbocycles. The van der Waals surface area contributed by atoms with E-state index in [1.807, 2.05) is 0 Å². The number of anilines is 2. The van der Waals surface area contributed by atoms with Crippen LogP contribution in [0.2, 0.25) is 5.02 Å². The normalized spacial score (nSPS) is 10.3. The first kappa shape index (κ1) is 13.7. The van der Waals surface area contributed by atoms with E-state index < -0.39 is 11.6 Å². The molecule has 0 heterocycles. The molecule has 0 saturated heterocycles. The molecule has 2 aromatic carbocycles. The number of nitrogens with one attached hydrogen (secondary N) is 1. The van der Waals surface area contributed by atoms with Crippen molar-refractivity contribution in [1.29, 1.82) is 0 Å². The summed E-state index contributed by atoms with van der Waals surface area (Å²) in [6.45, 7) is 0. The van der Waals surface area contributed by atoms with Crippen LogP contribution in [0.5, 0.6) is 0 Å². The van der Waals surface area contributed by atoms with E-state index in [0.29, 0.717) is 16.4 Å². The summed E-state index contributed by atoms with van der Waals surface area (Å²) in [5.41, 5.74) is 6.29. The molecule has 2 nitrogen and oxygen atoms in total. The molecule has 0 aliphatic rings. The van der Waals surface area contributed by atoms with E-state index in [2.05, 4.69) is 5.32 Å². The van der Waals surface area contributed by atoms with Crippen molar-refractivity contribution >= 4 is 40.2 Å². The van der Waals surface area contributed by atoms with Crippen molar-refractivity contribution in [1.82, 2.24) is 0 Å². The topological polar surface area (TPSA) is 38.0 Å². The van der Waals surface area contributed by atoms with Crippen LogP contribution >= 0.6 is 23.8 Å². The van der Waals surface area contributed by atoms with Gasteiger partial charge in [0.15, 0.2) is 0 Å². The smallest absolute Gasteiger partial charge is 0.135 e. The summed E-state index contributed by atoms with van der Waals surface area (Å²) in [7, 11) is 0. The van der Waals surface area contributed by atoms with Gasteiger partial charge in [-0.1, -0.05) is 23.8 Å². The van der Waals surface area contributed by atoms with Gasteiger partial charge in [-0.05, 0) is 36.4 Å². The summed E-state index contributed by atoms with van der Waals surface area (Å²) in [6.07, 6.45) is 0. The molecule has 0 amide bonds. The second kappa shape index (κ2) is 5.50. The molecule has 0 unspecified atom stereocenters.